The van der Waals surface area contributed by atoms with Crippen molar-refractivity contribution in [2.24, 2.45) is 5.84 Å². The average Bonchev–Trinajstić information content (AvgIpc) is 2.87. The normalized spacial score (nSPS) is 23.5. The average molecular weight is 279 g/mol. The van der Waals surface area contributed by atoms with Crippen LogP contribution >= 0.6 is 11.3 Å². The molecule has 0 spiro atoms. The maximum Gasteiger partial charge on any atom is 0.240 e. The number of hydrogen-bond donors (Lipinski definition) is 3. The van der Waals surface area contributed by atoms with Gasteiger partial charge in [-0.05, 0) is 31.2 Å². The maximum absolute atomic E-state index is 5.56. The van der Waals surface area contributed by atoms with Crippen molar-refractivity contribution in [1.29, 1.82) is 0 Å². The second-order valence-electron chi connectivity index (χ2n) is 4.73. The quantitative estimate of drug-likeness (QED) is 0.588. The molecule has 0 bridgehead atoms. The molecule has 6 nitrogen and oxygen atoms in total. The van der Waals surface area contributed by atoms with Crippen molar-refractivity contribution in [2.45, 2.75) is 31.9 Å². The molecule has 102 valence electrons. The van der Waals surface area contributed by atoms with Gasteiger partial charge in [0.05, 0.1) is 11.5 Å². The van der Waals surface area contributed by atoms with Crippen LogP contribution in [-0.2, 0) is 4.74 Å². The van der Waals surface area contributed by atoms with Crippen LogP contribution in [0.15, 0.2) is 11.4 Å². The van der Waals surface area contributed by atoms with Crippen LogP contribution in [0.2, 0.25) is 0 Å². The minimum Gasteiger partial charge on any atom is -0.378 e. The third-order valence-electron chi connectivity index (χ3n) is 3.28. The van der Waals surface area contributed by atoms with E-state index in [0.717, 1.165) is 35.5 Å². The van der Waals surface area contributed by atoms with Crippen molar-refractivity contribution in [3.63, 3.8) is 0 Å². The smallest absolute Gasteiger partial charge is 0.240 e. The summed E-state index contributed by atoms with van der Waals surface area (Å²) in [5.74, 6) is 6.70. The topological polar surface area (TPSA) is 85.1 Å². The Morgan fingerprint density at radius 2 is 2.37 bits per heavy atom. The number of nitrogens with two attached hydrogens (primary N) is 1. The molecule has 1 aliphatic rings. The highest BCUT2D eigenvalue weighted by Crippen LogP contribution is 2.28. The van der Waals surface area contributed by atoms with Crippen molar-refractivity contribution in [3.8, 4) is 0 Å². The van der Waals surface area contributed by atoms with Gasteiger partial charge in [0.1, 0.15) is 10.6 Å². The van der Waals surface area contributed by atoms with Gasteiger partial charge >= 0.3 is 0 Å². The van der Waals surface area contributed by atoms with Crippen molar-refractivity contribution in [1.82, 2.24) is 9.97 Å². The summed E-state index contributed by atoms with van der Waals surface area (Å²) in [5, 5.41) is 6.55. The highest BCUT2D eigenvalue weighted by molar-refractivity contribution is 7.16. The van der Waals surface area contributed by atoms with Crippen LogP contribution in [0.5, 0.6) is 0 Å². The number of thiophene rings is 1. The standard InChI is InChI=1S/C12H17N5OS/c1-7-6-8(2-4-18-7)14-10-9-3-5-19-11(9)16-12(15-10)17-13/h3,5,7-8H,2,4,6,13H2,1H3,(H2,14,15,16,17). The molecule has 0 saturated carbocycles. The van der Waals surface area contributed by atoms with E-state index in [-0.39, 0.29) is 6.10 Å². The molecular weight excluding hydrogens is 262 g/mol. The Morgan fingerprint density at radius 1 is 1.47 bits per heavy atom. The number of ether oxygens (including phenoxy) is 1. The largest absolute Gasteiger partial charge is 0.378 e. The Hall–Kier alpha value is -1.44. The summed E-state index contributed by atoms with van der Waals surface area (Å²) in [6.07, 6.45) is 2.27. The summed E-state index contributed by atoms with van der Waals surface area (Å²) in [6, 6.07) is 2.41. The highest BCUT2D eigenvalue weighted by Gasteiger charge is 2.20. The monoisotopic (exact) mass is 279 g/mol. The fraction of sp³-hybridized carbons (Fsp3) is 0.500. The van der Waals surface area contributed by atoms with Crippen LogP contribution in [0.4, 0.5) is 11.8 Å². The van der Waals surface area contributed by atoms with Gasteiger partial charge in [0.25, 0.3) is 0 Å². The van der Waals surface area contributed by atoms with Crippen molar-refractivity contribution >= 4 is 33.3 Å². The van der Waals surface area contributed by atoms with E-state index < -0.39 is 0 Å². The van der Waals surface area contributed by atoms with E-state index in [4.69, 9.17) is 10.6 Å². The van der Waals surface area contributed by atoms with E-state index in [2.05, 4.69) is 27.6 Å². The van der Waals surface area contributed by atoms with E-state index in [9.17, 15) is 0 Å². The summed E-state index contributed by atoms with van der Waals surface area (Å²) in [5.41, 5.74) is 2.52. The van der Waals surface area contributed by atoms with E-state index >= 15 is 0 Å². The minimum atomic E-state index is 0.290. The molecule has 2 atom stereocenters. The zero-order valence-electron chi connectivity index (χ0n) is 10.7. The highest BCUT2D eigenvalue weighted by atomic mass is 32.1. The number of rotatable bonds is 3. The number of aromatic nitrogens is 2. The molecule has 2 unspecified atom stereocenters. The van der Waals surface area contributed by atoms with Crippen LogP contribution in [0.1, 0.15) is 19.8 Å². The molecule has 1 aliphatic heterocycles. The van der Waals surface area contributed by atoms with Gasteiger partial charge in [-0.3, -0.25) is 5.43 Å². The molecule has 2 aromatic heterocycles. The van der Waals surface area contributed by atoms with Crippen LogP contribution < -0.4 is 16.6 Å². The van der Waals surface area contributed by atoms with Gasteiger partial charge in [0.15, 0.2) is 0 Å². The Balaban J connectivity index is 1.88. The van der Waals surface area contributed by atoms with Crippen molar-refractivity contribution in [3.05, 3.63) is 11.4 Å². The fourth-order valence-corrected chi connectivity index (χ4v) is 3.12. The second kappa shape index (κ2) is 5.28. The molecule has 0 amide bonds. The van der Waals surface area contributed by atoms with Gasteiger partial charge in [-0.1, -0.05) is 0 Å². The predicted octanol–water partition coefficient (Wildman–Crippen LogP) is 1.96. The van der Waals surface area contributed by atoms with Gasteiger partial charge < -0.3 is 10.1 Å². The van der Waals surface area contributed by atoms with Crippen LogP contribution in [-0.4, -0.2) is 28.7 Å². The molecule has 3 rings (SSSR count). The lowest BCUT2D eigenvalue weighted by atomic mass is 10.0. The van der Waals surface area contributed by atoms with Gasteiger partial charge in [0.2, 0.25) is 5.95 Å². The number of nitrogens with one attached hydrogen (secondary N) is 2. The van der Waals surface area contributed by atoms with Crippen LogP contribution in [0.25, 0.3) is 10.2 Å². The molecule has 2 aromatic rings. The Kier molecular flexibility index (Phi) is 3.50. The summed E-state index contributed by atoms with van der Waals surface area (Å²) < 4.78 is 5.56. The van der Waals surface area contributed by atoms with E-state index in [1.165, 1.54) is 0 Å². The number of nitrogen functional groups attached to an aromatic ring is 1. The second-order valence-corrected chi connectivity index (χ2v) is 5.62. The first-order valence-electron chi connectivity index (χ1n) is 6.36. The lowest BCUT2D eigenvalue weighted by Crippen LogP contribution is -2.32. The maximum atomic E-state index is 5.56. The number of hydrogen-bond acceptors (Lipinski definition) is 7. The van der Waals surface area contributed by atoms with Crippen molar-refractivity contribution in [2.75, 3.05) is 17.3 Å². The minimum absolute atomic E-state index is 0.290. The third kappa shape index (κ3) is 2.63. The first-order valence-corrected chi connectivity index (χ1v) is 7.24. The zero-order chi connectivity index (χ0) is 13.2. The number of hydrazine groups is 1. The molecule has 4 N–H and O–H groups in total. The number of anilines is 2. The van der Waals surface area contributed by atoms with Gasteiger partial charge in [-0.25, -0.2) is 10.8 Å². The SMILES string of the molecule is CC1CC(Nc2nc(NN)nc3sccc23)CCO1. The van der Waals surface area contributed by atoms with E-state index in [1.54, 1.807) is 11.3 Å². The van der Waals surface area contributed by atoms with Crippen LogP contribution in [0, 0.1) is 0 Å². The Bertz CT molecular complexity index is 572. The molecule has 3 heterocycles. The Morgan fingerprint density at radius 3 is 3.16 bits per heavy atom. The lowest BCUT2D eigenvalue weighted by molar-refractivity contribution is 0.0232. The Labute approximate surface area is 115 Å². The summed E-state index contributed by atoms with van der Waals surface area (Å²) >= 11 is 1.58. The third-order valence-corrected chi connectivity index (χ3v) is 4.09. The number of nitrogens with zero attached hydrogens (tertiary/aromatic N) is 2. The van der Waals surface area contributed by atoms with Crippen LogP contribution in [0.3, 0.4) is 0 Å². The van der Waals surface area contributed by atoms with Gasteiger partial charge in [-0.15, -0.1) is 11.3 Å². The molecule has 1 saturated heterocycles. The fourth-order valence-electron chi connectivity index (χ4n) is 2.35. The lowest BCUT2D eigenvalue weighted by Gasteiger charge is -2.28. The first kappa shape index (κ1) is 12.6. The molecular formula is C12H17N5OS. The molecule has 1 fully saturated rings. The summed E-state index contributed by atoms with van der Waals surface area (Å²) in [7, 11) is 0. The van der Waals surface area contributed by atoms with Crippen molar-refractivity contribution < 1.29 is 4.74 Å². The first-order chi connectivity index (χ1) is 9.26. The molecule has 7 heteroatoms. The predicted molar refractivity (Wildman–Crippen MR) is 77.3 cm³/mol. The van der Waals surface area contributed by atoms with Gasteiger partial charge in [-0.2, -0.15) is 4.98 Å². The van der Waals surface area contributed by atoms with E-state index in [0.29, 0.717) is 12.0 Å². The zero-order valence-corrected chi connectivity index (χ0v) is 11.5. The van der Waals surface area contributed by atoms with E-state index in [1.807, 2.05) is 11.4 Å². The molecule has 19 heavy (non-hydrogen) atoms. The molecule has 0 aromatic carbocycles. The molecule has 0 radical (unpaired) electrons. The summed E-state index contributed by atoms with van der Waals surface area (Å²) in [4.78, 5) is 9.68. The van der Waals surface area contributed by atoms with Gasteiger partial charge in [0, 0.05) is 12.6 Å². The number of fused-ring (bicyclic) bond motifs is 1. The summed E-state index contributed by atoms with van der Waals surface area (Å²) in [6.45, 7) is 2.89. The molecule has 0 aliphatic carbocycles.